The van der Waals surface area contributed by atoms with Crippen LogP contribution in [0.25, 0.3) is 0 Å². The predicted molar refractivity (Wildman–Crippen MR) is 68.2 cm³/mol. The third-order valence-corrected chi connectivity index (χ3v) is 3.58. The van der Waals surface area contributed by atoms with Crippen molar-refractivity contribution in [3.05, 3.63) is 11.3 Å². The number of halogens is 7. The zero-order valence-electron chi connectivity index (χ0n) is 11.0. The molecule has 128 valence electrons. The van der Waals surface area contributed by atoms with Crippen molar-refractivity contribution in [2.75, 3.05) is 12.3 Å². The van der Waals surface area contributed by atoms with E-state index in [0.717, 1.165) is 0 Å². The fourth-order valence-corrected chi connectivity index (χ4v) is 2.24. The number of nitrogens with zero attached hydrogens (tertiary/aromatic N) is 1. The van der Waals surface area contributed by atoms with Crippen LogP contribution in [0.2, 0.25) is 0 Å². The topological polar surface area (TPSA) is 58.6 Å². The van der Waals surface area contributed by atoms with Crippen molar-refractivity contribution >= 4 is 17.5 Å². The van der Waals surface area contributed by atoms with Gasteiger partial charge in [0.15, 0.2) is 0 Å². The summed E-state index contributed by atoms with van der Waals surface area (Å²) >= 11 is 0.215. The number of rotatable bonds is 4. The summed E-state index contributed by atoms with van der Waals surface area (Å²) < 4.78 is 88.5. The van der Waals surface area contributed by atoms with Gasteiger partial charge in [0.2, 0.25) is 0 Å². The fourth-order valence-electron chi connectivity index (χ4n) is 1.87. The van der Waals surface area contributed by atoms with Crippen LogP contribution in [0, 0.1) is 0 Å². The molecule has 22 heavy (non-hydrogen) atoms. The molecular weight excluding hydrogens is 341 g/mol. The predicted octanol–water partition coefficient (Wildman–Crippen LogP) is 2.95. The van der Waals surface area contributed by atoms with Crippen LogP contribution in [0.4, 0.5) is 30.7 Å². The van der Waals surface area contributed by atoms with Gasteiger partial charge in [-0.25, -0.2) is 8.78 Å². The highest BCUT2D eigenvalue weighted by atomic mass is 32.2. The van der Waals surface area contributed by atoms with Crippen molar-refractivity contribution in [3.63, 3.8) is 0 Å². The van der Waals surface area contributed by atoms with E-state index in [2.05, 4.69) is 4.99 Å². The largest absolute Gasteiger partial charge is 0.431 e. The highest BCUT2D eigenvalue weighted by Gasteiger charge is 2.49. The van der Waals surface area contributed by atoms with E-state index in [1.54, 1.807) is 0 Å². The molecule has 3 nitrogen and oxygen atoms in total. The molecule has 1 fully saturated rings. The smallest absolute Gasteiger partial charge is 0.394 e. The second-order valence-electron chi connectivity index (χ2n) is 4.45. The van der Waals surface area contributed by atoms with Gasteiger partial charge in [0.1, 0.15) is 11.8 Å². The van der Waals surface area contributed by atoms with Gasteiger partial charge in [-0.15, -0.1) is 0 Å². The van der Waals surface area contributed by atoms with E-state index in [0.29, 0.717) is 0 Å². The monoisotopic (exact) mass is 354 g/mol. The standard InChI is InChI=1S/C11H13F7N2OS/c12-9(13)22-4-3-20-5-1-2-10(14,15)8(21)6(5)7(19)11(16,17)18/h8-9,21H,1-4,19H2/t8-/m0/s1. The molecule has 0 bridgehead atoms. The van der Waals surface area contributed by atoms with Gasteiger partial charge in [-0.3, -0.25) is 4.99 Å². The fraction of sp³-hybridized carbons (Fsp3) is 0.727. The summed E-state index contributed by atoms with van der Waals surface area (Å²) in [4.78, 5) is 3.62. The van der Waals surface area contributed by atoms with Crippen LogP contribution >= 0.6 is 11.8 Å². The van der Waals surface area contributed by atoms with Crippen molar-refractivity contribution in [2.45, 2.75) is 36.8 Å². The molecule has 0 aliphatic heterocycles. The van der Waals surface area contributed by atoms with Crippen molar-refractivity contribution in [2.24, 2.45) is 10.7 Å². The minimum Gasteiger partial charge on any atom is -0.394 e. The van der Waals surface area contributed by atoms with Crippen LogP contribution in [0.3, 0.4) is 0 Å². The van der Waals surface area contributed by atoms with Crippen molar-refractivity contribution in [3.8, 4) is 0 Å². The molecule has 1 atom stereocenters. The Hall–Kier alpha value is -0.970. The van der Waals surface area contributed by atoms with Gasteiger partial charge in [0, 0.05) is 30.0 Å². The van der Waals surface area contributed by atoms with Crippen LogP contribution in [0.15, 0.2) is 16.3 Å². The first-order valence-corrected chi connectivity index (χ1v) is 7.08. The molecule has 0 amide bonds. The van der Waals surface area contributed by atoms with Crippen LogP contribution in [-0.4, -0.2) is 47.1 Å². The average Bonchev–Trinajstić information content (AvgIpc) is 2.37. The van der Waals surface area contributed by atoms with E-state index in [1.165, 1.54) is 0 Å². The van der Waals surface area contributed by atoms with Crippen molar-refractivity contribution in [1.82, 2.24) is 0 Å². The number of hydrogen-bond acceptors (Lipinski definition) is 4. The molecule has 0 heterocycles. The number of alkyl halides is 7. The molecule has 0 spiro atoms. The molecule has 1 rings (SSSR count). The van der Waals surface area contributed by atoms with Gasteiger partial charge in [0.05, 0.1) is 0 Å². The molecule has 1 saturated carbocycles. The number of aliphatic hydroxyl groups is 1. The van der Waals surface area contributed by atoms with Crippen molar-refractivity contribution in [1.29, 1.82) is 0 Å². The Balaban J connectivity index is 3.07. The highest BCUT2D eigenvalue weighted by Crippen LogP contribution is 2.39. The first kappa shape index (κ1) is 19.1. The maximum Gasteiger partial charge on any atom is 0.431 e. The lowest BCUT2D eigenvalue weighted by Crippen LogP contribution is -2.45. The molecule has 0 aromatic heterocycles. The Kier molecular flexibility index (Phi) is 6.13. The van der Waals surface area contributed by atoms with Gasteiger partial charge in [-0.1, -0.05) is 11.8 Å². The number of aliphatic imine (C=N–C) groups is 1. The lowest BCUT2D eigenvalue weighted by Gasteiger charge is -2.32. The molecular formula is C11H13F7N2OS. The average molecular weight is 354 g/mol. The molecule has 0 aromatic carbocycles. The van der Waals surface area contributed by atoms with E-state index in [1.807, 2.05) is 0 Å². The molecule has 0 aromatic rings. The minimum atomic E-state index is -5.11. The molecule has 1 aliphatic carbocycles. The van der Waals surface area contributed by atoms with Crippen LogP contribution in [0.1, 0.15) is 12.8 Å². The first-order valence-electron chi connectivity index (χ1n) is 6.03. The van der Waals surface area contributed by atoms with Gasteiger partial charge in [-0.05, 0) is 6.42 Å². The highest BCUT2D eigenvalue weighted by molar-refractivity contribution is 7.99. The summed E-state index contributed by atoms with van der Waals surface area (Å²) in [5, 5.41) is 9.45. The SMILES string of the molecule is NC(=C1C(=NCCSC(F)F)CCC(F)(F)[C@H]1O)C(F)(F)F. The number of aliphatic hydroxyl groups excluding tert-OH is 1. The van der Waals surface area contributed by atoms with Crippen LogP contribution < -0.4 is 5.73 Å². The third-order valence-electron chi connectivity index (χ3n) is 2.91. The molecule has 0 radical (unpaired) electrons. The molecule has 11 heteroatoms. The van der Waals surface area contributed by atoms with E-state index < -0.39 is 53.8 Å². The zero-order chi connectivity index (χ0) is 17.1. The quantitative estimate of drug-likeness (QED) is 0.603. The zero-order valence-corrected chi connectivity index (χ0v) is 11.8. The Morgan fingerprint density at radius 3 is 2.50 bits per heavy atom. The Morgan fingerprint density at radius 1 is 1.41 bits per heavy atom. The molecule has 3 N–H and O–H groups in total. The number of thioether (sulfide) groups is 1. The van der Waals surface area contributed by atoms with Crippen LogP contribution in [0.5, 0.6) is 0 Å². The lowest BCUT2D eigenvalue weighted by atomic mass is 9.85. The molecule has 0 saturated heterocycles. The number of allylic oxidation sites excluding steroid dienone is 1. The maximum absolute atomic E-state index is 13.4. The lowest BCUT2D eigenvalue weighted by molar-refractivity contribution is -0.110. The van der Waals surface area contributed by atoms with Gasteiger partial charge in [-0.2, -0.15) is 22.0 Å². The number of nitrogens with two attached hydrogens (primary N) is 1. The maximum atomic E-state index is 13.4. The minimum absolute atomic E-state index is 0.202. The Morgan fingerprint density at radius 2 is 2.00 bits per heavy atom. The summed E-state index contributed by atoms with van der Waals surface area (Å²) in [6.45, 7) is -0.294. The molecule has 1 aliphatic rings. The first-order chi connectivity index (χ1) is 9.97. The third kappa shape index (κ3) is 4.77. The molecule has 0 unspecified atom stereocenters. The second kappa shape index (κ2) is 7.07. The summed E-state index contributed by atoms with van der Waals surface area (Å²) in [5.74, 6) is -6.63. The summed E-state index contributed by atoms with van der Waals surface area (Å²) in [6.07, 6.45) is -9.27. The van der Waals surface area contributed by atoms with E-state index in [-0.39, 0.29) is 24.1 Å². The van der Waals surface area contributed by atoms with Crippen molar-refractivity contribution < 1.29 is 35.8 Å². The summed E-state index contributed by atoms with van der Waals surface area (Å²) in [6, 6.07) is 0. The summed E-state index contributed by atoms with van der Waals surface area (Å²) in [5.41, 5.74) is 1.38. The number of hydrogen-bond donors (Lipinski definition) is 2. The summed E-state index contributed by atoms with van der Waals surface area (Å²) in [7, 11) is 0. The van der Waals surface area contributed by atoms with Gasteiger partial charge in [0.25, 0.3) is 11.7 Å². The van der Waals surface area contributed by atoms with E-state index in [9.17, 15) is 35.8 Å². The van der Waals surface area contributed by atoms with E-state index >= 15 is 0 Å². The van der Waals surface area contributed by atoms with E-state index in [4.69, 9.17) is 5.73 Å². The Bertz CT molecular complexity index is 462. The normalized spacial score (nSPS) is 26.6. The second-order valence-corrected chi connectivity index (χ2v) is 5.55. The van der Waals surface area contributed by atoms with Gasteiger partial charge >= 0.3 is 6.18 Å². The van der Waals surface area contributed by atoms with Crippen LogP contribution in [-0.2, 0) is 0 Å². The van der Waals surface area contributed by atoms with Gasteiger partial charge < -0.3 is 10.8 Å². The Labute approximate surface area is 125 Å².